The molecule has 140 valence electrons. The van der Waals surface area contributed by atoms with Crippen LogP contribution in [0.3, 0.4) is 0 Å². The highest BCUT2D eigenvalue weighted by atomic mass is 16.5. The van der Waals surface area contributed by atoms with Crippen molar-refractivity contribution in [3.8, 4) is 5.75 Å². The van der Waals surface area contributed by atoms with Gasteiger partial charge in [0.2, 0.25) is 0 Å². The maximum Gasteiger partial charge on any atom is 0.307 e. The highest BCUT2D eigenvalue weighted by Crippen LogP contribution is 2.13. The molecule has 0 saturated heterocycles. The summed E-state index contributed by atoms with van der Waals surface area (Å²) in [6.45, 7) is 4.58. The molecule has 0 bridgehead atoms. The van der Waals surface area contributed by atoms with Gasteiger partial charge in [-0.25, -0.2) is 0 Å². The number of nitrogens with zero attached hydrogens (tertiary/aromatic N) is 1. The van der Waals surface area contributed by atoms with Crippen LogP contribution in [-0.4, -0.2) is 36.5 Å². The first-order chi connectivity index (χ1) is 12.6. The van der Waals surface area contributed by atoms with Crippen LogP contribution in [0.15, 0.2) is 47.1 Å². The second-order valence-electron chi connectivity index (χ2n) is 5.74. The zero-order valence-electron chi connectivity index (χ0n) is 15.3. The molecule has 1 aromatic heterocycles. The van der Waals surface area contributed by atoms with Gasteiger partial charge in [-0.15, -0.1) is 0 Å². The molecule has 0 unspecified atom stereocenters. The molecule has 0 fully saturated rings. The third kappa shape index (κ3) is 6.27. The fraction of sp³-hybridized carbons (Fsp3) is 0.400. The second-order valence-corrected chi connectivity index (χ2v) is 5.74. The van der Waals surface area contributed by atoms with Crippen molar-refractivity contribution in [3.63, 3.8) is 0 Å². The summed E-state index contributed by atoms with van der Waals surface area (Å²) in [5.41, 5.74) is 1.21. The average molecular weight is 359 g/mol. The van der Waals surface area contributed by atoms with E-state index in [1.807, 2.05) is 24.3 Å². The summed E-state index contributed by atoms with van der Waals surface area (Å²) >= 11 is 0. The number of hydrogen-bond acceptors (Lipinski definition) is 5. The van der Waals surface area contributed by atoms with Crippen molar-refractivity contribution in [1.82, 2.24) is 4.90 Å². The molecular formula is C20H25NO5. The van der Waals surface area contributed by atoms with E-state index in [0.717, 1.165) is 6.42 Å². The Hall–Kier alpha value is -2.76. The lowest BCUT2D eigenvalue weighted by atomic mass is 10.2. The lowest BCUT2D eigenvalue weighted by Crippen LogP contribution is -2.36. The zero-order valence-corrected chi connectivity index (χ0v) is 15.3. The first kappa shape index (κ1) is 19.6. The molecular weight excluding hydrogens is 334 g/mol. The van der Waals surface area contributed by atoms with Gasteiger partial charge in [0.25, 0.3) is 5.91 Å². The molecule has 0 aliphatic heterocycles. The van der Waals surface area contributed by atoms with E-state index in [-0.39, 0.29) is 38.0 Å². The Morgan fingerprint density at radius 3 is 2.50 bits per heavy atom. The van der Waals surface area contributed by atoms with Crippen LogP contribution in [0.5, 0.6) is 5.75 Å². The van der Waals surface area contributed by atoms with Crippen LogP contribution >= 0.6 is 0 Å². The van der Waals surface area contributed by atoms with Crippen molar-refractivity contribution < 1.29 is 23.5 Å². The fourth-order valence-electron chi connectivity index (χ4n) is 2.40. The zero-order chi connectivity index (χ0) is 18.8. The molecule has 6 nitrogen and oxygen atoms in total. The van der Waals surface area contributed by atoms with Gasteiger partial charge in [0.05, 0.1) is 25.8 Å². The number of carbonyl (C=O) groups excluding carboxylic acids is 2. The number of ether oxygens (including phenoxy) is 2. The Balaban J connectivity index is 1.93. The Labute approximate surface area is 153 Å². The second kappa shape index (κ2) is 10.3. The molecule has 0 radical (unpaired) electrons. The van der Waals surface area contributed by atoms with Gasteiger partial charge in [-0.1, -0.05) is 19.1 Å². The van der Waals surface area contributed by atoms with Gasteiger partial charge in [0.1, 0.15) is 11.5 Å². The Morgan fingerprint density at radius 1 is 1.12 bits per heavy atom. The Kier molecular flexibility index (Phi) is 7.74. The third-order valence-electron chi connectivity index (χ3n) is 3.86. The van der Waals surface area contributed by atoms with E-state index in [1.54, 1.807) is 25.3 Å². The molecule has 0 aliphatic carbocycles. The van der Waals surface area contributed by atoms with E-state index in [1.165, 1.54) is 10.5 Å². The molecule has 0 aliphatic rings. The first-order valence-electron chi connectivity index (χ1n) is 8.79. The molecule has 6 heteroatoms. The lowest BCUT2D eigenvalue weighted by Gasteiger charge is -2.21. The Bertz CT molecular complexity index is 679. The summed E-state index contributed by atoms with van der Waals surface area (Å²) in [7, 11) is 0. The van der Waals surface area contributed by atoms with Gasteiger partial charge < -0.3 is 18.8 Å². The molecule has 2 aromatic rings. The van der Waals surface area contributed by atoms with Crippen molar-refractivity contribution in [1.29, 1.82) is 0 Å². The minimum atomic E-state index is -0.333. The van der Waals surface area contributed by atoms with Gasteiger partial charge in [-0.2, -0.15) is 0 Å². The van der Waals surface area contributed by atoms with Crippen LogP contribution < -0.4 is 4.74 Å². The maximum atomic E-state index is 12.5. The standard InChI is InChI=1S/C20H25NO5/c1-3-16-7-9-17(10-8-16)26-15-19(22)21(12-11-20(23)24-4-2)14-18-6-5-13-25-18/h5-10,13H,3-4,11-12,14-15H2,1-2H3. The van der Waals surface area contributed by atoms with Gasteiger partial charge in [0.15, 0.2) is 6.61 Å². The van der Waals surface area contributed by atoms with Crippen LogP contribution in [0.2, 0.25) is 0 Å². The summed E-state index contributed by atoms with van der Waals surface area (Å²) in [4.78, 5) is 25.7. The minimum absolute atomic E-state index is 0.102. The SMILES string of the molecule is CCOC(=O)CCN(Cc1ccco1)C(=O)COc1ccc(CC)cc1. The van der Waals surface area contributed by atoms with Crippen LogP contribution in [0, 0.1) is 0 Å². The molecule has 2 rings (SSSR count). The average Bonchev–Trinajstić information content (AvgIpc) is 3.17. The van der Waals surface area contributed by atoms with E-state index >= 15 is 0 Å². The van der Waals surface area contributed by atoms with Crippen molar-refractivity contribution >= 4 is 11.9 Å². The van der Waals surface area contributed by atoms with Gasteiger partial charge in [-0.3, -0.25) is 9.59 Å². The number of benzene rings is 1. The summed E-state index contributed by atoms with van der Waals surface area (Å²) in [6.07, 6.45) is 2.63. The van der Waals surface area contributed by atoms with Crippen molar-refractivity contribution in [2.24, 2.45) is 0 Å². The number of hydrogen-bond donors (Lipinski definition) is 0. The molecule has 1 amide bonds. The summed E-state index contributed by atoms with van der Waals surface area (Å²) in [5, 5.41) is 0. The monoisotopic (exact) mass is 359 g/mol. The number of aryl methyl sites for hydroxylation is 1. The van der Waals surface area contributed by atoms with Crippen LogP contribution in [0.1, 0.15) is 31.6 Å². The lowest BCUT2D eigenvalue weighted by molar-refractivity contribution is -0.144. The number of furan rings is 1. The highest BCUT2D eigenvalue weighted by molar-refractivity contribution is 5.78. The molecule has 26 heavy (non-hydrogen) atoms. The summed E-state index contributed by atoms with van der Waals surface area (Å²) in [6, 6.07) is 11.2. The molecule has 1 heterocycles. The predicted octanol–water partition coefficient (Wildman–Crippen LogP) is 3.20. The summed E-state index contributed by atoms with van der Waals surface area (Å²) in [5.74, 6) is 0.736. The third-order valence-corrected chi connectivity index (χ3v) is 3.86. The normalized spacial score (nSPS) is 10.4. The van der Waals surface area contributed by atoms with Crippen molar-refractivity contribution in [2.75, 3.05) is 19.8 Å². The topological polar surface area (TPSA) is 69.0 Å². The number of amides is 1. The van der Waals surface area contributed by atoms with Gasteiger partial charge in [0, 0.05) is 6.54 Å². The first-order valence-corrected chi connectivity index (χ1v) is 8.79. The van der Waals surface area contributed by atoms with E-state index in [0.29, 0.717) is 18.1 Å². The van der Waals surface area contributed by atoms with E-state index in [4.69, 9.17) is 13.9 Å². The van der Waals surface area contributed by atoms with Crippen molar-refractivity contribution in [2.45, 2.75) is 33.2 Å². The van der Waals surface area contributed by atoms with Crippen molar-refractivity contribution in [3.05, 3.63) is 54.0 Å². The molecule has 0 N–H and O–H groups in total. The van der Waals surface area contributed by atoms with Gasteiger partial charge in [-0.05, 0) is 43.2 Å². The molecule has 0 saturated carbocycles. The molecule has 1 aromatic carbocycles. The maximum absolute atomic E-state index is 12.5. The molecule has 0 atom stereocenters. The number of carbonyl (C=O) groups is 2. The van der Waals surface area contributed by atoms with E-state index < -0.39 is 0 Å². The van der Waals surface area contributed by atoms with E-state index in [9.17, 15) is 9.59 Å². The van der Waals surface area contributed by atoms with E-state index in [2.05, 4.69) is 6.92 Å². The van der Waals surface area contributed by atoms with Crippen LogP contribution in [-0.2, 0) is 27.3 Å². The van der Waals surface area contributed by atoms with Crippen LogP contribution in [0.4, 0.5) is 0 Å². The van der Waals surface area contributed by atoms with Gasteiger partial charge >= 0.3 is 5.97 Å². The number of rotatable bonds is 10. The number of esters is 1. The highest BCUT2D eigenvalue weighted by Gasteiger charge is 2.18. The fourth-order valence-corrected chi connectivity index (χ4v) is 2.40. The van der Waals surface area contributed by atoms with Crippen LogP contribution in [0.25, 0.3) is 0 Å². The quantitative estimate of drug-likeness (QED) is 0.609. The Morgan fingerprint density at radius 2 is 1.88 bits per heavy atom. The smallest absolute Gasteiger partial charge is 0.307 e. The minimum Gasteiger partial charge on any atom is -0.484 e. The predicted molar refractivity (Wildman–Crippen MR) is 96.7 cm³/mol. The summed E-state index contributed by atoms with van der Waals surface area (Å²) < 4.78 is 15.8. The largest absolute Gasteiger partial charge is 0.484 e. The molecule has 0 spiro atoms.